The minimum absolute atomic E-state index is 0.0308. The average Bonchev–Trinajstić information content (AvgIpc) is 3.41. The lowest BCUT2D eigenvalue weighted by Crippen LogP contribution is -2.31. The molecule has 148 valence electrons. The fourth-order valence-electron chi connectivity index (χ4n) is 3.66. The van der Waals surface area contributed by atoms with Crippen molar-refractivity contribution in [2.45, 2.75) is 25.9 Å². The number of hydrogen-bond donors (Lipinski definition) is 1. The molecule has 0 atom stereocenters. The van der Waals surface area contributed by atoms with Crippen molar-refractivity contribution in [3.05, 3.63) is 66.1 Å². The quantitative estimate of drug-likeness (QED) is 0.516. The first kappa shape index (κ1) is 18.9. The number of Topliss-reactive ketones (excluding diaryl/α,β-unsaturated/α-hetero) is 1. The Kier molecular flexibility index (Phi) is 5.37. The molecule has 3 heterocycles. The van der Waals surface area contributed by atoms with Crippen molar-refractivity contribution in [2.75, 3.05) is 13.1 Å². The van der Waals surface area contributed by atoms with Gasteiger partial charge in [0.05, 0.1) is 5.56 Å². The van der Waals surface area contributed by atoms with Gasteiger partial charge in [0.1, 0.15) is 6.54 Å². The summed E-state index contributed by atoms with van der Waals surface area (Å²) in [5.41, 5.74) is 1.88. The van der Waals surface area contributed by atoms with Crippen LogP contribution in [0.25, 0.3) is 10.9 Å². The molecule has 3 aromatic rings. The highest BCUT2D eigenvalue weighted by Gasteiger charge is 2.23. The number of aromatic nitrogens is 2. The normalized spacial score (nSPS) is 13.6. The zero-order valence-electron chi connectivity index (χ0n) is 16.0. The minimum Gasteiger partial charge on any atom is -0.345 e. The number of hydrogen-bond acceptors (Lipinski definition) is 4. The number of likely N-dealkylation sites (tertiary alicyclic amines) is 1. The molecule has 7 heteroatoms. The van der Waals surface area contributed by atoms with E-state index in [2.05, 4.69) is 10.3 Å². The summed E-state index contributed by atoms with van der Waals surface area (Å²) in [5.74, 6) is -1.26. The van der Waals surface area contributed by atoms with E-state index in [0.29, 0.717) is 10.9 Å². The Morgan fingerprint density at radius 1 is 1.03 bits per heavy atom. The van der Waals surface area contributed by atoms with E-state index in [-0.39, 0.29) is 19.0 Å². The molecule has 1 aliphatic heterocycles. The summed E-state index contributed by atoms with van der Waals surface area (Å²) < 4.78 is 1.76. The Hall–Kier alpha value is -3.48. The monoisotopic (exact) mass is 390 g/mol. The van der Waals surface area contributed by atoms with E-state index >= 15 is 0 Å². The fraction of sp³-hybridized carbons (Fsp3) is 0.273. The Morgan fingerprint density at radius 3 is 2.59 bits per heavy atom. The second-order valence-electron chi connectivity index (χ2n) is 7.15. The van der Waals surface area contributed by atoms with Crippen molar-refractivity contribution in [1.82, 2.24) is 19.8 Å². The molecule has 2 amide bonds. The van der Waals surface area contributed by atoms with Gasteiger partial charge in [0.15, 0.2) is 0 Å². The molecular formula is C22H22N4O3. The summed E-state index contributed by atoms with van der Waals surface area (Å²) >= 11 is 0. The molecular weight excluding hydrogens is 368 g/mol. The van der Waals surface area contributed by atoms with Crippen molar-refractivity contribution < 1.29 is 14.4 Å². The van der Waals surface area contributed by atoms with E-state index in [9.17, 15) is 14.4 Å². The van der Waals surface area contributed by atoms with Gasteiger partial charge in [0, 0.05) is 49.1 Å². The lowest BCUT2D eigenvalue weighted by Gasteiger charge is -2.15. The average molecular weight is 390 g/mol. The third kappa shape index (κ3) is 4.03. The number of benzene rings is 1. The fourth-order valence-corrected chi connectivity index (χ4v) is 3.66. The molecule has 1 saturated heterocycles. The van der Waals surface area contributed by atoms with Gasteiger partial charge < -0.3 is 14.8 Å². The highest BCUT2D eigenvalue weighted by Crippen LogP contribution is 2.22. The van der Waals surface area contributed by atoms with E-state index < -0.39 is 11.7 Å². The third-order valence-electron chi connectivity index (χ3n) is 5.18. The summed E-state index contributed by atoms with van der Waals surface area (Å²) in [5, 5.41) is 3.31. The first-order valence-corrected chi connectivity index (χ1v) is 9.70. The van der Waals surface area contributed by atoms with Crippen LogP contribution in [0.15, 0.2) is 55.0 Å². The number of para-hydroxylation sites is 1. The Morgan fingerprint density at radius 2 is 1.83 bits per heavy atom. The number of nitrogens with one attached hydrogen (secondary N) is 1. The zero-order valence-corrected chi connectivity index (χ0v) is 16.0. The van der Waals surface area contributed by atoms with Crippen LogP contribution in [-0.4, -0.2) is 45.1 Å². The Labute approximate surface area is 168 Å². The molecule has 0 unspecified atom stereocenters. The standard InChI is InChI=1S/C22H22N4O3/c27-20(25-10-3-4-11-25)15-26-14-18(17-7-1-2-8-19(17)26)21(28)22(29)24-13-16-6-5-9-23-12-16/h1-2,5-9,12,14H,3-4,10-11,13,15H2,(H,24,29). The predicted molar refractivity (Wildman–Crippen MR) is 108 cm³/mol. The zero-order chi connectivity index (χ0) is 20.2. The van der Waals surface area contributed by atoms with Crippen LogP contribution in [0.4, 0.5) is 0 Å². The van der Waals surface area contributed by atoms with Gasteiger partial charge in [-0.05, 0) is 30.5 Å². The van der Waals surface area contributed by atoms with Gasteiger partial charge in [-0.1, -0.05) is 24.3 Å². The van der Waals surface area contributed by atoms with Crippen LogP contribution in [0, 0.1) is 0 Å². The summed E-state index contributed by atoms with van der Waals surface area (Å²) in [4.78, 5) is 43.6. The topological polar surface area (TPSA) is 84.3 Å². The minimum atomic E-state index is -0.678. The SMILES string of the molecule is O=C(NCc1cccnc1)C(=O)c1cn(CC(=O)N2CCCC2)c2ccccc12. The van der Waals surface area contributed by atoms with Gasteiger partial charge >= 0.3 is 0 Å². The first-order valence-electron chi connectivity index (χ1n) is 9.70. The number of carbonyl (C=O) groups excluding carboxylic acids is 3. The second-order valence-corrected chi connectivity index (χ2v) is 7.15. The Balaban J connectivity index is 1.54. The number of fused-ring (bicyclic) bond motifs is 1. The number of amides is 2. The Bertz CT molecular complexity index is 1050. The van der Waals surface area contributed by atoms with Crippen molar-refractivity contribution in [3.8, 4) is 0 Å². The maximum atomic E-state index is 12.8. The molecule has 0 aliphatic carbocycles. The molecule has 0 radical (unpaired) electrons. The van der Waals surface area contributed by atoms with E-state index in [0.717, 1.165) is 37.0 Å². The van der Waals surface area contributed by atoms with E-state index in [1.165, 1.54) is 0 Å². The molecule has 7 nitrogen and oxygen atoms in total. The molecule has 1 fully saturated rings. The molecule has 0 bridgehead atoms. The van der Waals surface area contributed by atoms with E-state index in [4.69, 9.17) is 0 Å². The summed E-state index contributed by atoms with van der Waals surface area (Å²) in [7, 11) is 0. The van der Waals surface area contributed by atoms with Crippen LogP contribution in [-0.2, 0) is 22.7 Å². The molecule has 1 N–H and O–H groups in total. The predicted octanol–water partition coefficient (Wildman–Crippen LogP) is 2.16. The maximum Gasteiger partial charge on any atom is 0.292 e. The van der Waals surface area contributed by atoms with Gasteiger partial charge in [-0.25, -0.2) is 0 Å². The van der Waals surface area contributed by atoms with Crippen molar-refractivity contribution in [2.24, 2.45) is 0 Å². The number of pyridine rings is 1. The van der Waals surface area contributed by atoms with Gasteiger partial charge in [0.2, 0.25) is 5.91 Å². The number of ketones is 1. The second kappa shape index (κ2) is 8.26. The summed E-state index contributed by atoms with van der Waals surface area (Å²) in [6.45, 7) is 1.94. The van der Waals surface area contributed by atoms with Crippen molar-refractivity contribution in [3.63, 3.8) is 0 Å². The molecule has 1 aliphatic rings. The molecule has 0 saturated carbocycles. The lowest BCUT2D eigenvalue weighted by molar-refractivity contribution is -0.130. The van der Waals surface area contributed by atoms with Crippen LogP contribution in [0.1, 0.15) is 28.8 Å². The summed E-state index contributed by atoms with van der Waals surface area (Å²) in [6.07, 6.45) is 6.96. The van der Waals surface area contributed by atoms with Crippen LogP contribution < -0.4 is 5.32 Å². The molecule has 4 rings (SSSR count). The van der Waals surface area contributed by atoms with Gasteiger partial charge in [-0.15, -0.1) is 0 Å². The molecule has 2 aromatic heterocycles. The maximum absolute atomic E-state index is 12.8. The smallest absolute Gasteiger partial charge is 0.292 e. The third-order valence-corrected chi connectivity index (χ3v) is 5.18. The van der Waals surface area contributed by atoms with Crippen LogP contribution in [0.2, 0.25) is 0 Å². The van der Waals surface area contributed by atoms with Crippen LogP contribution in [0.3, 0.4) is 0 Å². The largest absolute Gasteiger partial charge is 0.345 e. The number of rotatable bonds is 6. The number of nitrogens with zero attached hydrogens (tertiary/aromatic N) is 3. The highest BCUT2D eigenvalue weighted by atomic mass is 16.2. The van der Waals surface area contributed by atoms with Crippen LogP contribution >= 0.6 is 0 Å². The van der Waals surface area contributed by atoms with Gasteiger partial charge in [-0.2, -0.15) is 0 Å². The molecule has 29 heavy (non-hydrogen) atoms. The number of carbonyl (C=O) groups is 3. The van der Waals surface area contributed by atoms with E-state index in [1.54, 1.807) is 35.3 Å². The molecule has 1 aromatic carbocycles. The first-order chi connectivity index (χ1) is 14.1. The summed E-state index contributed by atoms with van der Waals surface area (Å²) in [6, 6.07) is 10.9. The highest BCUT2D eigenvalue weighted by molar-refractivity contribution is 6.45. The lowest BCUT2D eigenvalue weighted by atomic mass is 10.1. The van der Waals surface area contributed by atoms with Gasteiger partial charge in [0.25, 0.3) is 11.7 Å². The van der Waals surface area contributed by atoms with Gasteiger partial charge in [-0.3, -0.25) is 19.4 Å². The van der Waals surface area contributed by atoms with Crippen LogP contribution in [0.5, 0.6) is 0 Å². The van der Waals surface area contributed by atoms with E-state index in [1.807, 2.05) is 29.2 Å². The van der Waals surface area contributed by atoms with Crippen molar-refractivity contribution in [1.29, 1.82) is 0 Å². The van der Waals surface area contributed by atoms with Crippen molar-refractivity contribution >= 4 is 28.5 Å². The molecule has 0 spiro atoms.